The molecule has 0 bridgehead atoms. The van der Waals surface area contributed by atoms with Crippen molar-refractivity contribution in [1.29, 1.82) is 0 Å². The van der Waals surface area contributed by atoms with E-state index in [9.17, 15) is 19.2 Å². The summed E-state index contributed by atoms with van der Waals surface area (Å²) in [6.07, 6.45) is 0.00713. The number of thioether (sulfide) groups is 1. The lowest BCUT2D eigenvalue weighted by Gasteiger charge is -2.43. The lowest BCUT2D eigenvalue weighted by molar-refractivity contribution is -0.162. The zero-order valence-electron chi connectivity index (χ0n) is 15.5. The summed E-state index contributed by atoms with van der Waals surface area (Å²) in [5, 5.41) is 2.35. The highest BCUT2D eigenvalue weighted by Gasteiger charge is 2.64. The molecular weight excluding hydrogens is 489 g/mol. The number of β-lactam (4-membered cyclic amide) rings is 1. The average Bonchev–Trinajstić information content (AvgIpc) is 2.86. The van der Waals surface area contributed by atoms with Gasteiger partial charge in [0.15, 0.2) is 0 Å². The molecule has 27 heavy (non-hydrogen) atoms. The zero-order valence-corrected chi connectivity index (χ0v) is 18.5. The lowest BCUT2D eigenvalue weighted by Crippen LogP contribution is -2.70. The first-order valence-electron chi connectivity index (χ1n) is 8.21. The van der Waals surface area contributed by atoms with Crippen molar-refractivity contribution >= 4 is 63.8 Å². The molecule has 0 spiro atoms. The number of amides is 2. The first-order valence-corrected chi connectivity index (χ1v) is 10.6. The molecule has 2 rings (SSSR count). The van der Waals surface area contributed by atoms with Crippen LogP contribution in [0.15, 0.2) is 4.99 Å². The Kier molecular flexibility index (Phi) is 7.11. The molecule has 150 valence electrons. The molecule has 0 aromatic rings. The number of esters is 2. The van der Waals surface area contributed by atoms with Gasteiger partial charge in [-0.05, 0) is 43.4 Å². The smallest absolute Gasteiger partial charge is 0.331 e. The summed E-state index contributed by atoms with van der Waals surface area (Å²) in [6, 6.07) is -1.38. The Hall–Kier alpha value is -1.37. The van der Waals surface area contributed by atoms with E-state index in [4.69, 9.17) is 4.74 Å². The second kappa shape index (κ2) is 8.76. The van der Waals surface area contributed by atoms with Crippen molar-refractivity contribution in [2.45, 2.75) is 49.4 Å². The predicted molar refractivity (Wildman–Crippen MR) is 108 cm³/mol. The summed E-state index contributed by atoms with van der Waals surface area (Å²) in [7, 11) is 1.28. The number of carbonyl (C=O) groups excluding carboxylic acids is 4. The number of hydrogen-bond donors (Lipinski definition) is 1. The van der Waals surface area contributed by atoms with Gasteiger partial charge >= 0.3 is 11.9 Å². The van der Waals surface area contributed by atoms with Crippen LogP contribution in [0.25, 0.3) is 0 Å². The lowest BCUT2D eigenvalue weighted by atomic mass is 9.96. The third-order valence-corrected chi connectivity index (χ3v) is 6.18. The molecule has 1 N–H and O–H groups in total. The number of nitrogens with zero attached hydrogens (tertiary/aromatic N) is 2. The Balaban J connectivity index is 1.96. The van der Waals surface area contributed by atoms with Crippen LogP contribution in [0.1, 0.15) is 27.2 Å². The fourth-order valence-electron chi connectivity index (χ4n) is 3.02. The molecule has 9 nitrogen and oxygen atoms in total. The first-order chi connectivity index (χ1) is 12.6. The molecule has 2 aliphatic heterocycles. The van der Waals surface area contributed by atoms with Gasteiger partial charge in [-0.3, -0.25) is 19.4 Å². The van der Waals surface area contributed by atoms with Crippen LogP contribution in [0.3, 0.4) is 0 Å². The molecule has 2 fully saturated rings. The Morgan fingerprint density at radius 2 is 2.04 bits per heavy atom. The van der Waals surface area contributed by atoms with Crippen LogP contribution in [0, 0.1) is 0 Å². The summed E-state index contributed by atoms with van der Waals surface area (Å²) < 4.78 is 9.31. The van der Waals surface area contributed by atoms with Crippen LogP contribution in [0.4, 0.5) is 0 Å². The van der Waals surface area contributed by atoms with Crippen LogP contribution in [-0.2, 0) is 28.7 Å². The molecule has 0 aliphatic carbocycles. The molecule has 3 atom stereocenters. The van der Waals surface area contributed by atoms with Crippen molar-refractivity contribution in [3.63, 3.8) is 0 Å². The number of aliphatic imine (C=N–C) groups is 1. The van der Waals surface area contributed by atoms with E-state index in [1.807, 2.05) is 36.4 Å². The van der Waals surface area contributed by atoms with E-state index in [-0.39, 0.29) is 28.9 Å². The molecule has 2 amide bonds. The maximum absolute atomic E-state index is 12.5. The molecule has 0 saturated carbocycles. The van der Waals surface area contributed by atoms with E-state index in [1.54, 1.807) is 6.92 Å². The number of alkyl halides is 1. The standard InChI is InChI=1S/C16H22IN3O6S/c1-8(5-10(22)25-4)18-6-9(21)19-11-13(23)20-12(15(24)26-7-17)16(2,3)27-14(11)20/h11-12,14H,5-7H2,1-4H3,(H,19,21)/t11-,12+,14-/m1/s1. The third-order valence-electron chi connectivity index (χ3n) is 4.30. The normalized spacial score (nSPS) is 26.1. The van der Waals surface area contributed by atoms with Crippen molar-refractivity contribution in [2.75, 3.05) is 18.3 Å². The van der Waals surface area contributed by atoms with Crippen LogP contribution in [-0.4, -0.2) is 74.8 Å². The summed E-state index contributed by atoms with van der Waals surface area (Å²) in [4.78, 5) is 53.5. The number of methoxy groups -OCH3 is 1. The number of carbonyl (C=O) groups is 4. The minimum Gasteiger partial charge on any atom is -0.469 e. The van der Waals surface area contributed by atoms with E-state index in [0.717, 1.165) is 0 Å². The SMILES string of the molecule is COC(=O)CC(C)=NCC(=O)N[C@@H]1C(=O)N2[C@@H]1SC(C)(C)[C@@H]2C(=O)OCI. The van der Waals surface area contributed by atoms with Crippen molar-refractivity contribution in [3.05, 3.63) is 0 Å². The second-order valence-electron chi connectivity index (χ2n) is 6.68. The Morgan fingerprint density at radius 3 is 2.63 bits per heavy atom. The van der Waals surface area contributed by atoms with Crippen molar-refractivity contribution < 1.29 is 28.7 Å². The minimum atomic E-state index is -0.699. The molecule has 0 aromatic heterocycles. The maximum Gasteiger partial charge on any atom is 0.331 e. The maximum atomic E-state index is 12.5. The van der Waals surface area contributed by atoms with E-state index in [0.29, 0.717) is 5.71 Å². The van der Waals surface area contributed by atoms with Crippen molar-refractivity contribution in [2.24, 2.45) is 4.99 Å². The average molecular weight is 511 g/mol. The monoisotopic (exact) mass is 511 g/mol. The van der Waals surface area contributed by atoms with Crippen LogP contribution < -0.4 is 5.32 Å². The third kappa shape index (κ3) is 4.73. The quantitative estimate of drug-likeness (QED) is 0.174. The molecule has 0 unspecified atom stereocenters. The molecular formula is C16H22IN3O6S. The number of ether oxygens (including phenoxy) is 2. The molecule has 0 aromatic carbocycles. The van der Waals surface area contributed by atoms with Crippen LogP contribution >= 0.6 is 34.4 Å². The van der Waals surface area contributed by atoms with Gasteiger partial charge in [0, 0.05) is 10.5 Å². The minimum absolute atomic E-state index is 0.00713. The topological polar surface area (TPSA) is 114 Å². The Labute approximate surface area is 175 Å². The largest absolute Gasteiger partial charge is 0.469 e. The summed E-state index contributed by atoms with van der Waals surface area (Å²) >= 11 is 3.39. The van der Waals surface area contributed by atoms with Gasteiger partial charge in [-0.2, -0.15) is 0 Å². The highest BCUT2D eigenvalue weighted by atomic mass is 127. The summed E-state index contributed by atoms with van der Waals surface area (Å²) in [6.45, 7) is 5.19. The fraction of sp³-hybridized carbons (Fsp3) is 0.688. The van der Waals surface area contributed by atoms with Crippen molar-refractivity contribution in [1.82, 2.24) is 10.2 Å². The second-order valence-corrected chi connectivity index (χ2v) is 9.08. The molecule has 0 radical (unpaired) electrons. The number of fused-ring (bicyclic) bond motifs is 1. The first kappa shape index (κ1) is 21.9. The predicted octanol–water partition coefficient (Wildman–Crippen LogP) is 0.493. The van der Waals surface area contributed by atoms with Crippen LogP contribution in [0.5, 0.6) is 0 Å². The van der Waals surface area contributed by atoms with Gasteiger partial charge in [-0.25, -0.2) is 4.79 Å². The van der Waals surface area contributed by atoms with E-state index >= 15 is 0 Å². The zero-order chi connectivity index (χ0) is 20.4. The van der Waals surface area contributed by atoms with Gasteiger partial charge in [0.25, 0.3) is 0 Å². The van der Waals surface area contributed by atoms with Crippen LogP contribution in [0.2, 0.25) is 0 Å². The number of rotatable bonds is 7. The number of hydrogen-bond acceptors (Lipinski definition) is 8. The molecule has 2 aliphatic rings. The number of halogens is 1. The van der Waals surface area contributed by atoms with Gasteiger partial charge in [0.1, 0.15) is 28.6 Å². The molecule has 2 heterocycles. The Bertz CT molecular complexity index is 683. The van der Waals surface area contributed by atoms with Gasteiger partial charge in [-0.15, -0.1) is 11.8 Å². The van der Waals surface area contributed by atoms with E-state index < -0.39 is 34.7 Å². The summed E-state index contributed by atoms with van der Waals surface area (Å²) in [5.74, 6) is -1.60. The van der Waals surface area contributed by atoms with Gasteiger partial charge < -0.3 is 19.7 Å². The highest BCUT2D eigenvalue weighted by molar-refractivity contribution is 14.1. The van der Waals surface area contributed by atoms with Gasteiger partial charge in [-0.1, -0.05) is 0 Å². The van der Waals surface area contributed by atoms with Gasteiger partial charge in [0.2, 0.25) is 11.8 Å². The van der Waals surface area contributed by atoms with Gasteiger partial charge in [0.05, 0.1) is 13.5 Å². The fourth-order valence-corrected chi connectivity index (χ4v) is 4.95. The van der Waals surface area contributed by atoms with Crippen molar-refractivity contribution in [3.8, 4) is 0 Å². The van der Waals surface area contributed by atoms with E-state index in [1.165, 1.54) is 23.8 Å². The van der Waals surface area contributed by atoms with E-state index in [2.05, 4.69) is 15.0 Å². The summed E-state index contributed by atoms with van der Waals surface area (Å²) in [5.41, 5.74) is 0.469. The highest BCUT2D eigenvalue weighted by Crippen LogP contribution is 2.51. The molecule has 2 saturated heterocycles. The Morgan fingerprint density at radius 1 is 1.37 bits per heavy atom. The number of nitrogens with one attached hydrogen (secondary N) is 1. The molecule has 11 heteroatoms.